The average Bonchev–Trinajstić information content (AvgIpc) is 2.96. The monoisotopic (exact) mass is 300 g/mol. The summed E-state index contributed by atoms with van der Waals surface area (Å²) in [5, 5.41) is 8.99. The fourth-order valence-electron chi connectivity index (χ4n) is 2.94. The van der Waals surface area contributed by atoms with Gasteiger partial charge in [0, 0.05) is 6.61 Å². The second-order valence-corrected chi connectivity index (χ2v) is 6.40. The van der Waals surface area contributed by atoms with Crippen LogP contribution >= 0.6 is 0 Å². The van der Waals surface area contributed by atoms with Gasteiger partial charge in [-0.05, 0) is 19.3 Å². The van der Waals surface area contributed by atoms with Crippen molar-refractivity contribution in [1.82, 2.24) is 0 Å². The Morgan fingerprint density at radius 1 is 0.857 bits per heavy atom. The van der Waals surface area contributed by atoms with E-state index in [1.807, 2.05) is 0 Å². The van der Waals surface area contributed by atoms with Gasteiger partial charge in [-0.2, -0.15) is 0 Å². The van der Waals surface area contributed by atoms with Crippen molar-refractivity contribution >= 4 is 0 Å². The summed E-state index contributed by atoms with van der Waals surface area (Å²) >= 11 is 0. The first kappa shape index (κ1) is 18.9. The summed E-state index contributed by atoms with van der Waals surface area (Å²) in [7, 11) is 0. The van der Waals surface area contributed by atoms with Gasteiger partial charge in [0.15, 0.2) is 0 Å². The topological polar surface area (TPSA) is 38.7 Å². The standard InChI is InChI=1S/C18H36O3/c1-2-3-4-5-6-7-8-9-10-11-14-20-16-18-13-12-17(15-19)21-18/h17-19H,2-16H2,1H3/t17-,18+/m0/s1. The van der Waals surface area contributed by atoms with Crippen molar-refractivity contribution in [3.05, 3.63) is 0 Å². The van der Waals surface area contributed by atoms with Crippen LogP contribution in [0, 0.1) is 0 Å². The normalized spacial score (nSPS) is 22.0. The highest BCUT2D eigenvalue weighted by molar-refractivity contribution is 4.72. The Hall–Kier alpha value is -0.120. The van der Waals surface area contributed by atoms with Crippen LogP contribution in [0.1, 0.15) is 84.0 Å². The van der Waals surface area contributed by atoms with Crippen molar-refractivity contribution < 1.29 is 14.6 Å². The smallest absolute Gasteiger partial charge is 0.0814 e. The Balaban J connectivity index is 1.73. The third-order valence-corrected chi connectivity index (χ3v) is 4.35. The molecule has 0 bridgehead atoms. The molecule has 0 amide bonds. The molecule has 21 heavy (non-hydrogen) atoms. The van der Waals surface area contributed by atoms with Crippen molar-refractivity contribution in [3.8, 4) is 0 Å². The molecule has 126 valence electrons. The molecule has 0 aromatic carbocycles. The number of unbranched alkanes of at least 4 members (excludes halogenated alkanes) is 9. The molecule has 0 radical (unpaired) electrons. The van der Waals surface area contributed by atoms with E-state index in [9.17, 15) is 0 Å². The largest absolute Gasteiger partial charge is 0.394 e. The Kier molecular flexibility index (Phi) is 12.2. The van der Waals surface area contributed by atoms with Gasteiger partial charge in [-0.1, -0.05) is 64.7 Å². The van der Waals surface area contributed by atoms with Gasteiger partial charge in [-0.25, -0.2) is 0 Å². The van der Waals surface area contributed by atoms with Gasteiger partial charge in [0.25, 0.3) is 0 Å². The van der Waals surface area contributed by atoms with Gasteiger partial charge in [0.05, 0.1) is 25.4 Å². The van der Waals surface area contributed by atoms with Crippen LogP contribution in [0.2, 0.25) is 0 Å². The zero-order valence-electron chi connectivity index (χ0n) is 14.0. The number of aliphatic hydroxyl groups is 1. The molecule has 0 aliphatic carbocycles. The predicted octanol–water partition coefficient (Wildman–Crippen LogP) is 4.46. The molecule has 1 rings (SSSR count). The van der Waals surface area contributed by atoms with Crippen LogP contribution in [0.5, 0.6) is 0 Å². The molecule has 0 spiro atoms. The van der Waals surface area contributed by atoms with Crippen molar-refractivity contribution in [2.75, 3.05) is 19.8 Å². The summed E-state index contributed by atoms with van der Waals surface area (Å²) in [4.78, 5) is 0. The van der Waals surface area contributed by atoms with Crippen molar-refractivity contribution in [3.63, 3.8) is 0 Å². The lowest BCUT2D eigenvalue weighted by Crippen LogP contribution is -2.19. The molecule has 2 atom stereocenters. The van der Waals surface area contributed by atoms with E-state index < -0.39 is 0 Å². The highest BCUT2D eigenvalue weighted by atomic mass is 16.5. The second kappa shape index (κ2) is 13.5. The van der Waals surface area contributed by atoms with Gasteiger partial charge in [-0.3, -0.25) is 0 Å². The van der Waals surface area contributed by atoms with E-state index in [0.29, 0.717) is 6.61 Å². The minimum atomic E-state index is 0.0518. The van der Waals surface area contributed by atoms with Gasteiger partial charge in [0.1, 0.15) is 0 Å². The molecule has 1 N–H and O–H groups in total. The minimum absolute atomic E-state index is 0.0518. The van der Waals surface area contributed by atoms with E-state index >= 15 is 0 Å². The quantitative estimate of drug-likeness (QED) is 0.481. The van der Waals surface area contributed by atoms with Crippen LogP contribution in [-0.4, -0.2) is 37.1 Å². The molecule has 1 aliphatic rings. The zero-order valence-corrected chi connectivity index (χ0v) is 14.0. The summed E-state index contributed by atoms with van der Waals surface area (Å²) in [5.41, 5.74) is 0. The molecule has 1 fully saturated rings. The number of rotatable bonds is 14. The van der Waals surface area contributed by atoms with Gasteiger partial charge < -0.3 is 14.6 Å². The number of aliphatic hydroxyl groups excluding tert-OH is 1. The Morgan fingerprint density at radius 2 is 1.43 bits per heavy atom. The van der Waals surface area contributed by atoms with E-state index in [4.69, 9.17) is 14.6 Å². The lowest BCUT2D eigenvalue weighted by molar-refractivity contribution is -0.0318. The lowest BCUT2D eigenvalue weighted by atomic mass is 10.1. The Bertz CT molecular complexity index is 221. The maximum absolute atomic E-state index is 8.99. The first-order valence-corrected chi connectivity index (χ1v) is 9.21. The van der Waals surface area contributed by atoms with Crippen LogP contribution in [0.25, 0.3) is 0 Å². The molecule has 1 saturated heterocycles. The highest BCUT2D eigenvalue weighted by Gasteiger charge is 2.24. The maximum Gasteiger partial charge on any atom is 0.0814 e. The number of hydrogen-bond acceptors (Lipinski definition) is 3. The van der Waals surface area contributed by atoms with E-state index in [1.165, 1.54) is 64.2 Å². The van der Waals surface area contributed by atoms with Crippen molar-refractivity contribution in [1.29, 1.82) is 0 Å². The predicted molar refractivity (Wildman–Crippen MR) is 87.6 cm³/mol. The van der Waals surface area contributed by atoms with E-state index in [0.717, 1.165) is 19.4 Å². The zero-order chi connectivity index (χ0) is 15.2. The third kappa shape index (κ3) is 10.3. The lowest BCUT2D eigenvalue weighted by Gasteiger charge is -2.12. The third-order valence-electron chi connectivity index (χ3n) is 4.35. The fraction of sp³-hybridized carbons (Fsp3) is 1.00. The summed E-state index contributed by atoms with van der Waals surface area (Å²) in [5.74, 6) is 0. The van der Waals surface area contributed by atoms with Crippen LogP contribution in [0.15, 0.2) is 0 Å². The molecule has 3 heteroatoms. The SMILES string of the molecule is CCCCCCCCCCCCOC[C@H]1CC[C@@H](CO)O1. The average molecular weight is 300 g/mol. The molecule has 1 heterocycles. The molecular formula is C18H36O3. The highest BCUT2D eigenvalue weighted by Crippen LogP contribution is 2.19. The van der Waals surface area contributed by atoms with Crippen LogP contribution in [-0.2, 0) is 9.47 Å². The van der Waals surface area contributed by atoms with Gasteiger partial charge in [0.2, 0.25) is 0 Å². The molecular weight excluding hydrogens is 264 g/mol. The number of ether oxygens (including phenoxy) is 2. The first-order valence-electron chi connectivity index (χ1n) is 9.21. The molecule has 1 aliphatic heterocycles. The summed E-state index contributed by atoms with van der Waals surface area (Å²) in [6.07, 6.45) is 15.9. The fourth-order valence-corrected chi connectivity index (χ4v) is 2.94. The Labute approximate surface area is 131 Å². The summed E-state index contributed by atoms with van der Waals surface area (Å²) in [6, 6.07) is 0. The maximum atomic E-state index is 8.99. The molecule has 0 aromatic heterocycles. The van der Waals surface area contributed by atoms with E-state index in [2.05, 4.69) is 6.92 Å². The van der Waals surface area contributed by atoms with Gasteiger partial charge >= 0.3 is 0 Å². The van der Waals surface area contributed by atoms with Gasteiger partial charge in [-0.15, -0.1) is 0 Å². The summed E-state index contributed by atoms with van der Waals surface area (Å²) in [6.45, 7) is 3.98. The van der Waals surface area contributed by atoms with Crippen LogP contribution in [0.3, 0.4) is 0 Å². The summed E-state index contributed by atoms with van der Waals surface area (Å²) < 4.78 is 11.3. The Morgan fingerprint density at radius 3 is 2.00 bits per heavy atom. The molecule has 0 aromatic rings. The number of hydrogen-bond donors (Lipinski definition) is 1. The molecule has 3 nitrogen and oxygen atoms in total. The minimum Gasteiger partial charge on any atom is -0.394 e. The van der Waals surface area contributed by atoms with Crippen molar-refractivity contribution in [2.45, 2.75) is 96.2 Å². The first-order chi connectivity index (χ1) is 10.4. The van der Waals surface area contributed by atoms with E-state index in [1.54, 1.807) is 0 Å². The molecule has 0 saturated carbocycles. The van der Waals surface area contributed by atoms with Crippen molar-refractivity contribution in [2.24, 2.45) is 0 Å². The molecule has 0 unspecified atom stereocenters. The van der Waals surface area contributed by atoms with E-state index in [-0.39, 0.29) is 18.8 Å². The van der Waals surface area contributed by atoms with Crippen LogP contribution < -0.4 is 0 Å². The van der Waals surface area contributed by atoms with Crippen LogP contribution in [0.4, 0.5) is 0 Å². The second-order valence-electron chi connectivity index (χ2n) is 6.40.